The molecule has 1 heterocycles. The first-order valence-electron chi connectivity index (χ1n) is 11.1. The summed E-state index contributed by atoms with van der Waals surface area (Å²) in [5.74, 6) is -2.71. The van der Waals surface area contributed by atoms with E-state index in [-0.39, 0.29) is 16.7 Å². The van der Waals surface area contributed by atoms with Crippen molar-refractivity contribution in [2.75, 3.05) is 5.32 Å². The van der Waals surface area contributed by atoms with Crippen LogP contribution in [0.1, 0.15) is 67.9 Å². The average molecular weight is 457 g/mol. The van der Waals surface area contributed by atoms with Gasteiger partial charge in [0.1, 0.15) is 0 Å². The highest BCUT2D eigenvalue weighted by atomic mass is 16.7. The van der Waals surface area contributed by atoms with E-state index in [0.29, 0.717) is 10.8 Å². The van der Waals surface area contributed by atoms with Crippen LogP contribution >= 0.6 is 0 Å². The minimum absolute atomic E-state index is 0.0950. The lowest BCUT2D eigenvalue weighted by atomic mass is 9.66. The molecule has 0 aromatic heterocycles. The topological polar surface area (TPSA) is 92.8 Å². The fourth-order valence-electron chi connectivity index (χ4n) is 2.98. The lowest BCUT2D eigenvalue weighted by Crippen LogP contribution is -2.50. The van der Waals surface area contributed by atoms with Crippen LogP contribution < -0.4 is 5.32 Å². The van der Waals surface area contributed by atoms with Crippen molar-refractivity contribution in [3.05, 3.63) is 42.0 Å². The lowest BCUT2D eigenvalue weighted by molar-refractivity contribution is -0.207. The van der Waals surface area contributed by atoms with E-state index in [0.717, 1.165) is 18.6 Å². The highest BCUT2D eigenvalue weighted by Gasteiger charge is 2.51. The summed E-state index contributed by atoms with van der Waals surface area (Å²) in [6.07, 6.45) is 2.94. The maximum absolute atomic E-state index is 13.1. The number of amides is 3. The second kappa shape index (κ2) is 8.76. The van der Waals surface area contributed by atoms with Crippen molar-refractivity contribution in [1.29, 1.82) is 0 Å². The molecule has 1 aromatic rings. The Bertz CT molecular complexity index is 961. The second-order valence-electron chi connectivity index (χ2n) is 11.4. The normalized spacial score (nSPS) is 15.1. The highest BCUT2D eigenvalue weighted by molar-refractivity contribution is 6.12. The first-order chi connectivity index (χ1) is 14.9. The summed E-state index contributed by atoms with van der Waals surface area (Å²) in [6, 6.07) is 7.68. The Morgan fingerprint density at radius 2 is 1.30 bits per heavy atom. The zero-order valence-corrected chi connectivity index (χ0v) is 21.2. The van der Waals surface area contributed by atoms with E-state index < -0.39 is 28.6 Å². The Balaban J connectivity index is 2.10. The van der Waals surface area contributed by atoms with Crippen LogP contribution in [0, 0.1) is 21.7 Å². The van der Waals surface area contributed by atoms with Crippen LogP contribution in [0.25, 0.3) is 0 Å². The third-order valence-corrected chi connectivity index (χ3v) is 7.47. The van der Waals surface area contributed by atoms with Gasteiger partial charge in [0.15, 0.2) is 0 Å². The van der Waals surface area contributed by atoms with Crippen molar-refractivity contribution in [3.8, 4) is 0 Å². The number of benzene rings is 1. The van der Waals surface area contributed by atoms with E-state index in [9.17, 15) is 19.2 Å². The molecular weight excluding hydrogens is 420 g/mol. The lowest BCUT2D eigenvalue weighted by Gasteiger charge is -2.39. The van der Waals surface area contributed by atoms with Gasteiger partial charge in [-0.3, -0.25) is 14.4 Å². The molecule has 0 atom stereocenters. The van der Waals surface area contributed by atoms with E-state index in [4.69, 9.17) is 4.84 Å². The van der Waals surface area contributed by atoms with Crippen molar-refractivity contribution >= 4 is 29.4 Å². The molecule has 0 unspecified atom stereocenters. The summed E-state index contributed by atoms with van der Waals surface area (Å²) < 4.78 is 0. The van der Waals surface area contributed by atoms with Crippen molar-refractivity contribution in [2.45, 2.75) is 68.7 Å². The summed E-state index contributed by atoms with van der Waals surface area (Å²) in [5.41, 5.74) is -0.525. The van der Waals surface area contributed by atoms with Gasteiger partial charge in [0.05, 0.1) is 10.8 Å². The summed E-state index contributed by atoms with van der Waals surface area (Å²) in [5, 5.41) is 3.27. The van der Waals surface area contributed by atoms with Gasteiger partial charge in [-0.1, -0.05) is 51.8 Å². The quantitative estimate of drug-likeness (QED) is 0.602. The van der Waals surface area contributed by atoms with Gasteiger partial charge >= 0.3 is 5.97 Å². The van der Waals surface area contributed by atoms with Gasteiger partial charge in [0, 0.05) is 17.8 Å². The molecule has 0 saturated carbocycles. The molecule has 7 nitrogen and oxygen atoms in total. The van der Waals surface area contributed by atoms with Crippen LogP contribution in [0.15, 0.2) is 36.4 Å². The van der Waals surface area contributed by atoms with Gasteiger partial charge in [-0.25, -0.2) is 4.79 Å². The minimum Gasteiger partial charge on any atom is -0.329 e. The molecule has 0 spiro atoms. The number of imide groups is 1. The predicted octanol–water partition coefficient (Wildman–Crippen LogP) is 4.68. The molecule has 1 N–H and O–H groups in total. The van der Waals surface area contributed by atoms with E-state index in [1.165, 1.54) is 5.56 Å². The average Bonchev–Trinajstić information content (AvgIpc) is 3.00. The number of rotatable bonds is 7. The molecule has 0 radical (unpaired) electrons. The maximum atomic E-state index is 13.1. The second-order valence-corrected chi connectivity index (χ2v) is 11.4. The smallest absolute Gasteiger partial charge is 0.329 e. The molecule has 1 aliphatic rings. The Labute approximate surface area is 196 Å². The summed E-state index contributed by atoms with van der Waals surface area (Å²) >= 11 is 0. The Kier molecular flexibility index (Phi) is 6.98. The number of hydrogen-bond donors (Lipinski definition) is 1. The van der Waals surface area contributed by atoms with Crippen LogP contribution in [-0.4, -0.2) is 28.8 Å². The molecule has 0 bridgehead atoms. The number of carbonyl (C=O) groups excluding carboxylic acids is 4. The van der Waals surface area contributed by atoms with Crippen LogP contribution in [0.3, 0.4) is 0 Å². The zero-order chi connectivity index (χ0) is 25.4. The SMILES string of the molecule is CC(C)(C)C(C)(C)Cc1ccc(NC(=O)C(C)(C)C(C)(C)C(=O)ON2C(=O)C=CC2=O)cc1. The summed E-state index contributed by atoms with van der Waals surface area (Å²) in [6.45, 7) is 17.5. The molecule has 0 saturated heterocycles. The predicted molar refractivity (Wildman–Crippen MR) is 127 cm³/mol. The largest absolute Gasteiger partial charge is 0.339 e. The van der Waals surface area contributed by atoms with E-state index >= 15 is 0 Å². The molecule has 2 rings (SSSR count). The van der Waals surface area contributed by atoms with Gasteiger partial charge < -0.3 is 10.2 Å². The van der Waals surface area contributed by atoms with Crippen molar-refractivity contribution in [1.82, 2.24) is 5.06 Å². The van der Waals surface area contributed by atoms with Crippen molar-refractivity contribution in [3.63, 3.8) is 0 Å². The number of carbonyl (C=O) groups is 4. The Morgan fingerprint density at radius 3 is 1.76 bits per heavy atom. The Morgan fingerprint density at radius 1 is 0.818 bits per heavy atom. The number of anilines is 1. The van der Waals surface area contributed by atoms with E-state index in [1.807, 2.05) is 24.3 Å². The zero-order valence-electron chi connectivity index (χ0n) is 21.2. The standard InChI is InChI=1S/C26H36N2O5/c1-23(2,3)24(4,5)16-17-10-12-18(13-11-17)27-21(31)25(6,7)26(8,9)22(32)33-28-19(29)14-15-20(28)30/h10-15H,16H2,1-9H3,(H,27,31). The molecule has 0 fully saturated rings. The molecule has 33 heavy (non-hydrogen) atoms. The van der Waals surface area contributed by atoms with Gasteiger partial charge in [0.25, 0.3) is 11.8 Å². The first kappa shape index (κ1) is 26.3. The Hall–Kier alpha value is -2.96. The van der Waals surface area contributed by atoms with E-state index in [2.05, 4.69) is 39.9 Å². The number of nitrogens with zero attached hydrogens (tertiary/aromatic N) is 1. The monoisotopic (exact) mass is 456 g/mol. The highest BCUT2D eigenvalue weighted by Crippen LogP contribution is 2.42. The van der Waals surface area contributed by atoms with Gasteiger partial charge in [0.2, 0.25) is 5.91 Å². The van der Waals surface area contributed by atoms with E-state index in [1.54, 1.807) is 27.7 Å². The number of hydrogen-bond acceptors (Lipinski definition) is 5. The minimum atomic E-state index is -1.34. The van der Waals surface area contributed by atoms with Crippen molar-refractivity contribution < 1.29 is 24.0 Å². The summed E-state index contributed by atoms with van der Waals surface area (Å²) in [4.78, 5) is 54.4. The molecule has 180 valence electrons. The maximum Gasteiger partial charge on any atom is 0.339 e. The third-order valence-electron chi connectivity index (χ3n) is 7.47. The summed E-state index contributed by atoms with van der Waals surface area (Å²) in [7, 11) is 0. The molecule has 3 amide bonds. The molecule has 7 heteroatoms. The molecule has 0 aliphatic carbocycles. The van der Waals surface area contributed by atoms with Crippen molar-refractivity contribution in [2.24, 2.45) is 21.7 Å². The number of hydroxylamine groups is 2. The fourth-order valence-corrected chi connectivity index (χ4v) is 2.98. The number of nitrogens with one attached hydrogen (secondary N) is 1. The van der Waals surface area contributed by atoms with Gasteiger partial charge in [-0.15, -0.1) is 0 Å². The molecule has 1 aliphatic heterocycles. The van der Waals surface area contributed by atoms with Gasteiger partial charge in [-0.2, -0.15) is 0 Å². The fraction of sp³-hybridized carbons (Fsp3) is 0.538. The third kappa shape index (κ3) is 5.34. The van der Waals surface area contributed by atoms with Crippen LogP contribution in [0.4, 0.5) is 5.69 Å². The van der Waals surface area contributed by atoms with Crippen LogP contribution in [0.2, 0.25) is 0 Å². The van der Waals surface area contributed by atoms with Crippen LogP contribution in [-0.2, 0) is 30.4 Å². The molecular formula is C26H36N2O5. The molecule has 1 aromatic carbocycles. The first-order valence-corrected chi connectivity index (χ1v) is 11.1. The van der Waals surface area contributed by atoms with Crippen LogP contribution in [0.5, 0.6) is 0 Å². The van der Waals surface area contributed by atoms with Gasteiger partial charge in [-0.05, 0) is 62.6 Å².